The van der Waals surface area contributed by atoms with E-state index in [0.29, 0.717) is 0 Å². The van der Waals surface area contributed by atoms with Crippen LogP contribution in [0.4, 0.5) is 0 Å². The summed E-state index contributed by atoms with van der Waals surface area (Å²) in [7, 11) is 0. The van der Waals surface area contributed by atoms with Crippen molar-refractivity contribution < 1.29 is 5.11 Å². The fraction of sp³-hybridized carbons (Fsp3) is 0.500. The van der Waals surface area contributed by atoms with E-state index in [4.69, 9.17) is 10.8 Å². The number of hydrogen-bond acceptors (Lipinski definition) is 3. The first kappa shape index (κ1) is 8.71. The minimum Gasteiger partial charge on any atom is -0.394 e. The van der Waals surface area contributed by atoms with E-state index in [2.05, 4.69) is 0 Å². The number of hydrogen-bond donors (Lipinski definition) is 2. The van der Waals surface area contributed by atoms with Gasteiger partial charge in [0.05, 0.1) is 12.6 Å². The Bertz CT molecular complexity index is 244. The summed E-state index contributed by atoms with van der Waals surface area (Å²) in [5.41, 5.74) is 6.74. The van der Waals surface area contributed by atoms with Crippen LogP contribution in [0.15, 0.2) is 6.07 Å². The van der Waals surface area contributed by atoms with Crippen LogP contribution < -0.4 is 5.73 Å². The van der Waals surface area contributed by atoms with Gasteiger partial charge in [0.25, 0.3) is 0 Å². The van der Waals surface area contributed by atoms with E-state index in [0.717, 1.165) is 5.56 Å². The first-order chi connectivity index (χ1) is 5.15. The third-order valence-electron chi connectivity index (χ3n) is 1.68. The summed E-state index contributed by atoms with van der Waals surface area (Å²) < 4.78 is 0. The fourth-order valence-electron chi connectivity index (χ4n) is 1.12. The van der Waals surface area contributed by atoms with E-state index >= 15 is 0 Å². The molecular weight excluding hydrogens is 158 g/mol. The summed E-state index contributed by atoms with van der Waals surface area (Å²) in [5.74, 6) is 0. The lowest BCUT2D eigenvalue weighted by molar-refractivity contribution is 0.268. The molecule has 0 aliphatic heterocycles. The second kappa shape index (κ2) is 3.34. The van der Waals surface area contributed by atoms with Gasteiger partial charge in [-0.1, -0.05) is 0 Å². The standard InChI is InChI=1S/C8H13NOS/c1-5-3-7(6(2)11-5)8(9)4-10/h3,8,10H,4,9H2,1-2H3/t8-/m1/s1. The molecule has 1 aromatic heterocycles. The van der Waals surface area contributed by atoms with Crippen LogP contribution in [0.3, 0.4) is 0 Å². The summed E-state index contributed by atoms with van der Waals surface area (Å²) in [6, 6.07) is 1.83. The van der Waals surface area contributed by atoms with Gasteiger partial charge in [0.2, 0.25) is 0 Å². The zero-order chi connectivity index (χ0) is 8.43. The van der Waals surface area contributed by atoms with Crippen LogP contribution >= 0.6 is 11.3 Å². The van der Waals surface area contributed by atoms with E-state index in [-0.39, 0.29) is 12.6 Å². The van der Waals surface area contributed by atoms with Crippen LogP contribution in [0.1, 0.15) is 21.4 Å². The molecule has 0 fully saturated rings. The third kappa shape index (κ3) is 1.80. The van der Waals surface area contributed by atoms with Crippen LogP contribution in [0, 0.1) is 13.8 Å². The molecule has 0 unspecified atom stereocenters. The minimum atomic E-state index is -0.208. The molecule has 0 aliphatic rings. The quantitative estimate of drug-likeness (QED) is 0.705. The Hall–Kier alpha value is -0.380. The fourth-order valence-corrected chi connectivity index (χ4v) is 2.11. The topological polar surface area (TPSA) is 46.2 Å². The molecule has 1 atom stereocenters. The van der Waals surface area contributed by atoms with E-state index in [1.54, 1.807) is 11.3 Å². The molecular formula is C8H13NOS. The van der Waals surface area contributed by atoms with Gasteiger partial charge in [0.1, 0.15) is 0 Å². The van der Waals surface area contributed by atoms with Gasteiger partial charge in [-0.25, -0.2) is 0 Å². The van der Waals surface area contributed by atoms with Crippen molar-refractivity contribution in [2.45, 2.75) is 19.9 Å². The first-order valence-corrected chi connectivity index (χ1v) is 4.40. The zero-order valence-corrected chi connectivity index (χ0v) is 7.61. The molecule has 0 bridgehead atoms. The lowest BCUT2D eigenvalue weighted by atomic mass is 10.1. The third-order valence-corrected chi connectivity index (χ3v) is 2.66. The Kier molecular flexibility index (Phi) is 2.65. The van der Waals surface area contributed by atoms with Crippen molar-refractivity contribution in [3.05, 3.63) is 21.4 Å². The lowest BCUT2D eigenvalue weighted by Gasteiger charge is -2.05. The highest BCUT2D eigenvalue weighted by molar-refractivity contribution is 7.12. The molecule has 1 aromatic rings. The van der Waals surface area contributed by atoms with Gasteiger partial charge in [-0.2, -0.15) is 0 Å². The molecule has 3 N–H and O–H groups in total. The number of nitrogens with two attached hydrogens (primary N) is 1. The van der Waals surface area contributed by atoms with Crippen molar-refractivity contribution in [2.24, 2.45) is 5.73 Å². The highest BCUT2D eigenvalue weighted by Crippen LogP contribution is 2.24. The Morgan fingerprint density at radius 1 is 1.64 bits per heavy atom. The van der Waals surface area contributed by atoms with E-state index in [9.17, 15) is 0 Å². The maximum atomic E-state index is 8.80. The molecule has 0 saturated heterocycles. The van der Waals surface area contributed by atoms with Gasteiger partial charge < -0.3 is 10.8 Å². The van der Waals surface area contributed by atoms with Crippen molar-refractivity contribution in [1.29, 1.82) is 0 Å². The monoisotopic (exact) mass is 171 g/mol. The predicted molar refractivity (Wildman–Crippen MR) is 47.8 cm³/mol. The highest BCUT2D eigenvalue weighted by Gasteiger charge is 2.09. The van der Waals surface area contributed by atoms with E-state index in [1.807, 2.05) is 19.9 Å². The molecule has 1 rings (SSSR count). The highest BCUT2D eigenvalue weighted by atomic mass is 32.1. The van der Waals surface area contributed by atoms with E-state index in [1.165, 1.54) is 9.75 Å². The van der Waals surface area contributed by atoms with Crippen molar-refractivity contribution in [2.75, 3.05) is 6.61 Å². The van der Waals surface area contributed by atoms with E-state index < -0.39 is 0 Å². The number of thiophene rings is 1. The van der Waals surface area contributed by atoms with Gasteiger partial charge in [-0.15, -0.1) is 11.3 Å². The first-order valence-electron chi connectivity index (χ1n) is 3.58. The Morgan fingerprint density at radius 3 is 2.64 bits per heavy atom. The molecule has 0 aliphatic carbocycles. The Morgan fingerprint density at radius 2 is 2.27 bits per heavy atom. The van der Waals surface area contributed by atoms with Gasteiger partial charge in [0, 0.05) is 9.75 Å². The number of aryl methyl sites for hydroxylation is 2. The van der Waals surface area contributed by atoms with Crippen molar-refractivity contribution in [3.63, 3.8) is 0 Å². The minimum absolute atomic E-state index is 0.0248. The van der Waals surface area contributed by atoms with Crippen molar-refractivity contribution in [3.8, 4) is 0 Å². The normalized spacial score (nSPS) is 13.5. The Balaban J connectivity index is 2.93. The number of aliphatic hydroxyl groups is 1. The molecule has 0 saturated carbocycles. The molecule has 0 spiro atoms. The average molecular weight is 171 g/mol. The zero-order valence-electron chi connectivity index (χ0n) is 6.79. The largest absolute Gasteiger partial charge is 0.394 e. The Labute approximate surface area is 70.7 Å². The van der Waals surface area contributed by atoms with Gasteiger partial charge in [-0.05, 0) is 25.5 Å². The molecule has 1 heterocycles. The van der Waals surface area contributed by atoms with Crippen LogP contribution in [0.2, 0.25) is 0 Å². The second-order valence-corrected chi connectivity index (χ2v) is 4.12. The molecule has 0 radical (unpaired) electrons. The maximum Gasteiger partial charge on any atom is 0.0624 e. The van der Waals surface area contributed by atoms with Gasteiger partial charge in [0.15, 0.2) is 0 Å². The molecule has 0 aromatic carbocycles. The molecule has 2 nitrogen and oxygen atoms in total. The molecule has 3 heteroatoms. The summed E-state index contributed by atoms with van der Waals surface area (Å²) in [4.78, 5) is 2.46. The van der Waals surface area contributed by atoms with Crippen LogP contribution in [0.25, 0.3) is 0 Å². The summed E-state index contributed by atoms with van der Waals surface area (Å²) >= 11 is 1.72. The van der Waals surface area contributed by atoms with Crippen LogP contribution in [-0.2, 0) is 0 Å². The molecule has 0 amide bonds. The van der Waals surface area contributed by atoms with Crippen molar-refractivity contribution in [1.82, 2.24) is 0 Å². The number of aliphatic hydroxyl groups excluding tert-OH is 1. The van der Waals surface area contributed by atoms with Crippen LogP contribution in [-0.4, -0.2) is 11.7 Å². The van der Waals surface area contributed by atoms with Crippen molar-refractivity contribution >= 4 is 11.3 Å². The summed E-state index contributed by atoms with van der Waals surface area (Å²) in [5, 5.41) is 8.80. The average Bonchev–Trinajstić information content (AvgIpc) is 2.28. The SMILES string of the molecule is Cc1cc([C@H](N)CO)c(C)s1. The lowest BCUT2D eigenvalue weighted by Crippen LogP contribution is -2.14. The maximum absolute atomic E-state index is 8.80. The summed E-state index contributed by atoms with van der Waals surface area (Å²) in [6.45, 7) is 4.10. The molecule has 11 heavy (non-hydrogen) atoms. The van der Waals surface area contributed by atoms with Crippen LogP contribution in [0.5, 0.6) is 0 Å². The smallest absolute Gasteiger partial charge is 0.0624 e. The van der Waals surface area contributed by atoms with Gasteiger partial charge >= 0.3 is 0 Å². The second-order valence-electron chi connectivity index (χ2n) is 2.66. The molecule has 62 valence electrons. The number of rotatable bonds is 2. The predicted octanol–water partition coefficient (Wildman–Crippen LogP) is 1.36. The summed E-state index contributed by atoms with van der Waals surface area (Å²) in [6.07, 6.45) is 0. The van der Waals surface area contributed by atoms with Gasteiger partial charge in [-0.3, -0.25) is 0 Å².